The number of hydrogen-bond donors (Lipinski definition) is 1. The molecule has 0 unspecified atom stereocenters. The van der Waals surface area contributed by atoms with Crippen LogP contribution in [0.5, 0.6) is 0 Å². The molecule has 0 atom stereocenters. The van der Waals surface area contributed by atoms with Crippen LogP contribution in [0.1, 0.15) is 32.3 Å². The van der Waals surface area contributed by atoms with E-state index in [1.54, 1.807) is 0 Å². The van der Waals surface area contributed by atoms with E-state index >= 15 is 0 Å². The van der Waals surface area contributed by atoms with Crippen LogP contribution in [0, 0.1) is 12.3 Å². The first-order valence-corrected chi connectivity index (χ1v) is 6.10. The molecule has 2 nitrogen and oxygen atoms in total. The van der Waals surface area contributed by atoms with Crippen molar-refractivity contribution in [1.29, 1.82) is 0 Å². The van der Waals surface area contributed by atoms with Crippen molar-refractivity contribution in [2.24, 2.45) is 5.41 Å². The maximum absolute atomic E-state index is 6.16. The van der Waals surface area contributed by atoms with Crippen LogP contribution in [-0.4, -0.2) is 13.1 Å². The van der Waals surface area contributed by atoms with E-state index in [0.717, 1.165) is 18.8 Å². The highest BCUT2D eigenvalue weighted by molar-refractivity contribution is 5.71. The molecule has 2 rings (SSSR count). The van der Waals surface area contributed by atoms with E-state index in [4.69, 9.17) is 5.73 Å². The Morgan fingerprint density at radius 1 is 1.31 bits per heavy atom. The van der Waals surface area contributed by atoms with Crippen LogP contribution < -0.4 is 10.6 Å². The molecule has 1 heterocycles. The third-order valence-electron chi connectivity index (χ3n) is 3.54. The van der Waals surface area contributed by atoms with E-state index in [1.165, 1.54) is 24.1 Å². The molecule has 0 saturated carbocycles. The minimum absolute atomic E-state index is 0.411. The Bertz CT molecular complexity index is 382. The number of para-hydroxylation sites is 1. The molecule has 0 amide bonds. The SMILES string of the molecule is Cc1cccc(N2CCCC(C)(C)C2)c1N. The van der Waals surface area contributed by atoms with Crippen molar-refractivity contribution in [3.05, 3.63) is 23.8 Å². The molecule has 2 N–H and O–H groups in total. The summed E-state index contributed by atoms with van der Waals surface area (Å²) < 4.78 is 0. The van der Waals surface area contributed by atoms with Gasteiger partial charge in [-0.2, -0.15) is 0 Å². The van der Waals surface area contributed by atoms with Gasteiger partial charge in [-0.1, -0.05) is 26.0 Å². The number of nitrogens with two attached hydrogens (primary N) is 1. The van der Waals surface area contributed by atoms with E-state index in [9.17, 15) is 0 Å². The molecule has 1 aromatic rings. The second-order valence-corrected chi connectivity index (χ2v) is 5.70. The first kappa shape index (κ1) is 11.3. The van der Waals surface area contributed by atoms with Crippen molar-refractivity contribution in [3.8, 4) is 0 Å². The molecular formula is C14H22N2. The molecule has 0 aromatic heterocycles. The molecule has 1 aliphatic rings. The zero-order valence-corrected chi connectivity index (χ0v) is 10.6. The Hall–Kier alpha value is -1.18. The highest BCUT2D eigenvalue weighted by Crippen LogP contribution is 2.34. The summed E-state index contributed by atoms with van der Waals surface area (Å²) in [5, 5.41) is 0. The minimum Gasteiger partial charge on any atom is -0.397 e. The smallest absolute Gasteiger partial charge is 0.0602 e. The van der Waals surface area contributed by atoms with Gasteiger partial charge in [-0.3, -0.25) is 0 Å². The molecule has 2 heteroatoms. The van der Waals surface area contributed by atoms with Crippen molar-refractivity contribution >= 4 is 11.4 Å². The first-order valence-electron chi connectivity index (χ1n) is 6.10. The van der Waals surface area contributed by atoms with Gasteiger partial charge in [0.05, 0.1) is 11.4 Å². The molecule has 1 fully saturated rings. The average molecular weight is 218 g/mol. The van der Waals surface area contributed by atoms with Gasteiger partial charge in [0.15, 0.2) is 0 Å². The summed E-state index contributed by atoms with van der Waals surface area (Å²) in [6.07, 6.45) is 2.58. The minimum atomic E-state index is 0.411. The summed E-state index contributed by atoms with van der Waals surface area (Å²) in [5.41, 5.74) is 9.91. The van der Waals surface area contributed by atoms with Crippen LogP contribution in [0.4, 0.5) is 11.4 Å². The van der Waals surface area contributed by atoms with E-state index < -0.39 is 0 Å². The van der Waals surface area contributed by atoms with Crippen molar-refractivity contribution in [3.63, 3.8) is 0 Å². The summed E-state index contributed by atoms with van der Waals surface area (Å²) in [6.45, 7) is 9.00. The predicted octanol–water partition coefficient (Wildman–Crippen LogP) is 3.20. The van der Waals surface area contributed by atoms with Gasteiger partial charge in [0.25, 0.3) is 0 Å². The Labute approximate surface area is 98.4 Å². The van der Waals surface area contributed by atoms with E-state index in [2.05, 4.69) is 43.9 Å². The molecular weight excluding hydrogens is 196 g/mol. The standard InChI is InChI=1S/C14H22N2/c1-11-6-4-7-12(13(11)15)16-9-5-8-14(2,3)10-16/h4,6-7H,5,8-10,15H2,1-3H3. The highest BCUT2D eigenvalue weighted by atomic mass is 15.2. The van der Waals surface area contributed by atoms with Crippen LogP contribution >= 0.6 is 0 Å². The number of nitrogen functional groups attached to an aromatic ring is 1. The lowest BCUT2D eigenvalue weighted by molar-refractivity contribution is 0.293. The maximum atomic E-state index is 6.16. The molecule has 1 saturated heterocycles. The van der Waals surface area contributed by atoms with E-state index in [0.29, 0.717) is 5.41 Å². The number of rotatable bonds is 1. The fraction of sp³-hybridized carbons (Fsp3) is 0.571. The molecule has 0 bridgehead atoms. The summed E-state index contributed by atoms with van der Waals surface area (Å²) in [7, 11) is 0. The predicted molar refractivity (Wildman–Crippen MR) is 70.8 cm³/mol. The van der Waals surface area contributed by atoms with Gasteiger partial charge in [0, 0.05) is 13.1 Å². The first-order chi connectivity index (χ1) is 7.49. The fourth-order valence-corrected chi connectivity index (χ4v) is 2.57. The number of benzene rings is 1. The quantitative estimate of drug-likeness (QED) is 0.733. The Morgan fingerprint density at radius 2 is 2.06 bits per heavy atom. The average Bonchev–Trinajstić information content (AvgIpc) is 2.20. The van der Waals surface area contributed by atoms with Gasteiger partial charge < -0.3 is 10.6 Å². The van der Waals surface area contributed by atoms with Gasteiger partial charge in [-0.05, 0) is 36.8 Å². The number of piperidine rings is 1. The lowest BCUT2D eigenvalue weighted by Crippen LogP contribution is -2.40. The van der Waals surface area contributed by atoms with Crippen LogP contribution in [-0.2, 0) is 0 Å². The van der Waals surface area contributed by atoms with Crippen LogP contribution in [0.25, 0.3) is 0 Å². The molecule has 0 radical (unpaired) electrons. The molecule has 1 aromatic carbocycles. The van der Waals surface area contributed by atoms with Crippen LogP contribution in [0.3, 0.4) is 0 Å². The molecule has 16 heavy (non-hydrogen) atoms. The fourth-order valence-electron chi connectivity index (χ4n) is 2.57. The summed E-state index contributed by atoms with van der Waals surface area (Å²) >= 11 is 0. The van der Waals surface area contributed by atoms with Crippen molar-refractivity contribution in [2.75, 3.05) is 23.7 Å². The van der Waals surface area contributed by atoms with Crippen LogP contribution in [0.15, 0.2) is 18.2 Å². The summed E-state index contributed by atoms with van der Waals surface area (Å²) in [4.78, 5) is 2.44. The van der Waals surface area contributed by atoms with Crippen LogP contribution in [0.2, 0.25) is 0 Å². The van der Waals surface area contributed by atoms with Gasteiger partial charge >= 0.3 is 0 Å². The molecule has 88 valence electrons. The maximum Gasteiger partial charge on any atom is 0.0602 e. The summed E-state index contributed by atoms with van der Waals surface area (Å²) in [5.74, 6) is 0. The van der Waals surface area contributed by atoms with Gasteiger partial charge in [-0.15, -0.1) is 0 Å². The Morgan fingerprint density at radius 3 is 2.75 bits per heavy atom. The third-order valence-corrected chi connectivity index (χ3v) is 3.54. The highest BCUT2D eigenvalue weighted by Gasteiger charge is 2.27. The van der Waals surface area contributed by atoms with Crippen molar-refractivity contribution in [2.45, 2.75) is 33.6 Å². The topological polar surface area (TPSA) is 29.3 Å². The zero-order valence-electron chi connectivity index (χ0n) is 10.6. The lowest BCUT2D eigenvalue weighted by atomic mass is 9.84. The van der Waals surface area contributed by atoms with Gasteiger partial charge in [0.2, 0.25) is 0 Å². The largest absolute Gasteiger partial charge is 0.397 e. The number of hydrogen-bond acceptors (Lipinski definition) is 2. The molecule has 0 aliphatic carbocycles. The van der Waals surface area contributed by atoms with Crippen molar-refractivity contribution < 1.29 is 0 Å². The Kier molecular flexibility index (Phi) is 2.83. The zero-order chi connectivity index (χ0) is 11.8. The second-order valence-electron chi connectivity index (χ2n) is 5.70. The third kappa shape index (κ3) is 2.16. The van der Waals surface area contributed by atoms with Crippen molar-refractivity contribution in [1.82, 2.24) is 0 Å². The normalized spacial score (nSPS) is 19.8. The lowest BCUT2D eigenvalue weighted by Gasteiger charge is -2.40. The molecule has 1 aliphatic heterocycles. The van der Waals surface area contributed by atoms with E-state index in [-0.39, 0.29) is 0 Å². The summed E-state index contributed by atoms with van der Waals surface area (Å²) in [6, 6.07) is 6.32. The number of aryl methyl sites for hydroxylation is 1. The number of anilines is 2. The van der Waals surface area contributed by atoms with Gasteiger partial charge in [0.1, 0.15) is 0 Å². The van der Waals surface area contributed by atoms with E-state index in [1.807, 2.05) is 0 Å². The number of nitrogens with zero attached hydrogens (tertiary/aromatic N) is 1. The molecule has 0 spiro atoms. The van der Waals surface area contributed by atoms with Gasteiger partial charge in [-0.25, -0.2) is 0 Å². The second kappa shape index (κ2) is 4.00. The Balaban J connectivity index is 2.27. The monoisotopic (exact) mass is 218 g/mol.